The van der Waals surface area contributed by atoms with Gasteiger partial charge in [-0.1, -0.05) is 5.16 Å². The third-order valence-corrected chi connectivity index (χ3v) is 2.66. The van der Waals surface area contributed by atoms with E-state index in [4.69, 9.17) is 15.4 Å². The van der Waals surface area contributed by atoms with Crippen LogP contribution in [-0.2, 0) is 33.4 Å². The van der Waals surface area contributed by atoms with Gasteiger partial charge >= 0.3 is 29.8 Å². The highest BCUT2D eigenvalue weighted by Gasteiger charge is 2.15. The first-order chi connectivity index (χ1) is 11.7. The molecule has 0 aromatic heterocycles. The highest BCUT2D eigenvalue weighted by atomic mass is 16.6. The fourth-order valence-electron chi connectivity index (χ4n) is 1.51. The number of hydrogen-bond acceptors (Lipinski definition) is 9. The van der Waals surface area contributed by atoms with Crippen LogP contribution in [0.4, 0.5) is 0 Å². The molecule has 0 aromatic rings. The van der Waals surface area contributed by atoms with Gasteiger partial charge in [0, 0.05) is 32.1 Å². The molecule has 0 atom stereocenters. The van der Waals surface area contributed by atoms with E-state index in [1.807, 2.05) is 0 Å². The zero-order valence-corrected chi connectivity index (χ0v) is 13.3. The van der Waals surface area contributed by atoms with Crippen LogP contribution in [0.15, 0.2) is 5.16 Å². The molecule has 0 aliphatic carbocycles. The molecule has 0 spiro atoms. The van der Waals surface area contributed by atoms with Crippen LogP contribution in [0.25, 0.3) is 0 Å². The number of carbonyl (C=O) groups excluding carboxylic acids is 3. The Morgan fingerprint density at radius 2 is 1.08 bits per heavy atom. The van der Waals surface area contributed by atoms with Crippen LogP contribution in [0, 0.1) is 0 Å². The number of nitrogens with zero attached hydrogens (tertiary/aromatic N) is 1. The minimum atomic E-state index is -1.08. The average Bonchev–Trinajstić information content (AvgIpc) is 2.50. The Hall–Kier alpha value is -2.98. The van der Waals surface area contributed by atoms with Gasteiger partial charge in [-0.05, 0) is 12.8 Å². The summed E-state index contributed by atoms with van der Waals surface area (Å²) < 4.78 is 9.05. The van der Waals surface area contributed by atoms with Crippen molar-refractivity contribution in [2.75, 3.05) is 0 Å². The van der Waals surface area contributed by atoms with Gasteiger partial charge in [0.15, 0.2) is 0 Å². The Balaban J connectivity index is 4.06. The van der Waals surface area contributed by atoms with Gasteiger partial charge in [-0.3, -0.25) is 24.0 Å². The van der Waals surface area contributed by atoms with Crippen molar-refractivity contribution in [3.63, 3.8) is 0 Å². The van der Waals surface area contributed by atoms with E-state index in [9.17, 15) is 24.0 Å². The number of carboxylic acids is 2. The van der Waals surface area contributed by atoms with Gasteiger partial charge in [-0.2, -0.15) is 0 Å². The molecule has 0 aliphatic rings. The lowest BCUT2D eigenvalue weighted by Gasteiger charge is -2.06. The second-order valence-corrected chi connectivity index (χ2v) is 4.81. The highest BCUT2D eigenvalue weighted by Crippen LogP contribution is 2.04. The Kier molecular flexibility index (Phi) is 11.0. The largest absolute Gasteiger partial charge is 0.481 e. The first kappa shape index (κ1) is 22.0. The van der Waals surface area contributed by atoms with E-state index in [1.165, 1.54) is 0 Å². The molecule has 0 amide bonds. The van der Waals surface area contributed by atoms with E-state index in [2.05, 4.69) is 14.6 Å². The first-order valence-corrected chi connectivity index (χ1v) is 7.33. The molecule has 0 aliphatic heterocycles. The van der Waals surface area contributed by atoms with Crippen molar-refractivity contribution in [2.24, 2.45) is 5.16 Å². The normalized spacial score (nSPS) is 10.8. The fourth-order valence-corrected chi connectivity index (χ4v) is 1.51. The van der Waals surface area contributed by atoms with E-state index >= 15 is 0 Å². The van der Waals surface area contributed by atoms with Crippen molar-refractivity contribution in [1.82, 2.24) is 0 Å². The van der Waals surface area contributed by atoms with Crippen LogP contribution in [0.3, 0.4) is 0 Å². The number of rotatable bonds is 11. The number of carboxylic acid groups (broad SMARTS) is 2. The fraction of sp³-hybridized carbons (Fsp3) is 0.571. The molecule has 0 saturated carbocycles. The maximum Gasteiger partial charge on any atom is 0.313 e. The van der Waals surface area contributed by atoms with E-state index in [0.29, 0.717) is 0 Å². The number of oxime groups is 1. The van der Waals surface area contributed by atoms with Crippen molar-refractivity contribution in [3.05, 3.63) is 0 Å². The summed E-state index contributed by atoms with van der Waals surface area (Å²) in [6.45, 7) is 0. The van der Waals surface area contributed by atoms with Crippen molar-refractivity contribution in [3.8, 4) is 0 Å². The van der Waals surface area contributed by atoms with Crippen LogP contribution < -0.4 is 0 Å². The van der Waals surface area contributed by atoms with Crippen molar-refractivity contribution >= 4 is 35.7 Å². The quantitative estimate of drug-likeness (QED) is 0.118. The summed E-state index contributed by atoms with van der Waals surface area (Å²) in [6, 6.07) is 0. The Bertz CT molecular complexity index is 540. The first-order valence-electron chi connectivity index (χ1n) is 7.33. The predicted octanol–water partition coefficient (Wildman–Crippen LogP) is 0.677. The van der Waals surface area contributed by atoms with Gasteiger partial charge in [0.25, 0.3) is 0 Å². The summed E-state index contributed by atoms with van der Waals surface area (Å²) in [5.41, 5.74) is 0. The van der Waals surface area contributed by atoms with Crippen LogP contribution in [0.5, 0.6) is 0 Å². The second-order valence-electron chi connectivity index (χ2n) is 4.81. The van der Waals surface area contributed by atoms with Crippen LogP contribution in [0.2, 0.25) is 0 Å². The summed E-state index contributed by atoms with van der Waals surface area (Å²) >= 11 is 0. The number of ether oxygens (including phenoxy) is 2. The number of esters is 3. The van der Waals surface area contributed by atoms with Crippen LogP contribution in [0.1, 0.15) is 51.4 Å². The lowest BCUT2D eigenvalue weighted by atomic mass is 10.2. The molecular weight excluding hydrogens is 342 g/mol. The molecule has 25 heavy (non-hydrogen) atoms. The molecule has 0 fully saturated rings. The topological polar surface area (TPSA) is 177 Å². The van der Waals surface area contributed by atoms with Crippen molar-refractivity contribution < 1.29 is 48.9 Å². The van der Waals surface area contributed by atoms with Crippen molar-refractivity contribution in [1.29, 1.82) is 0 Å². The Labute approximate surface area is 142 Å². The molecule has 11 heteroatoms. The Morgan fingerprint density at radius 3 is 1.52 bits per heavy atom. The molecule has 0 rings (SSSR count). The molecular formula is C14H19NO10. The number of aliphatic carboxylic acids is 2. The molecule has 0 unspecified atom stereocenters. The van der Waals surface area contributed by atoms with E-state index < -0.39 is 42.2 Å². The Morgan fingerprint density at radius 1 is 0.640 bits per heavy atom. The summed E-state index contributed by atoms with van der Waals surface area (Å²) in [6.07, 6.45) is -1.57. The molecule has 11 nitrogen and oxygen atoms in total. The molecule has 0 radical (unpaired) electrons. The standard InChI is InChI=1S/C14H19NO10/c16-10(17)3-1-5-12(20)24-9(15-23)7-8-14(22)25-13(21)6-2-4-11(18)19/h23H,1-8H2,(H,16,17)(H,18,19)/b15-9-. The maximum atomic E-state index is 11.4. The molecule has 3 N–H and O–H groups in total. The van der Waals surface area contributed by atoms with Gasteiger partial charge in [0.1, 0.15) is 0 Å². The summed E-state index contributed by atoms with van der Waals surface area (Å²) in [5, 5.41) is 28.2. The molecule has 140 valence electrons. The summed E-state index contributed by atoms with van der Waals surface area (Å²) in [5.74, 6) is -5.29. The van der Waals surface area contributed by atoms with E-state index in [-0.39, 0.29) is 44.9 Å². The zero-order valence-electron chi connectivity index (χ0n) is 13.3. The lowest BCUT2D eigenvalue weighted by molar-refractivity contribution is -0.159. The zero-order chi connectivity index (χ0) is 19.2. The molecule has 0 bridgehead atoms. The molecule has 0 aromatic carbocycles. The smallest absolute Gasteiger partial charge is 0.313 e. The molecule has 0 saturated heterocycles. The van der Waals surface area contributed by atoms with Gasteiger partial charge in [0.2, 0.25) is 5.90 Å². The average molecular weight is 361 g/mol. The van der Waals surface area contributed by atoms with Crippen LogP contribution >= 0.6 is 0 Å². The predicted molar refractivity (Wildman–Crippen MR) is 78.6 cm³/mol. The summed E-state index contributed by atoms with van der Waals surface area (Å²) in [4.78, 5) is 54.6. The van der Waals surface area contributed by atoms with Gasteiger partial charge in [-0.15, -0.1) is 0 Å². The third-order valence-electron chi connectivity index (χ3n) is 2.66. The van der Waals surface area contributed by atoms with Gasteiger partial charge in [0.05, 0.1) is 6.42 Å². The minimum absolute atomic E-state index is 0.0265. The van der Waals surface area contributed by atoms with Gasteiger partial charge < -0.3 is 24.9 Å². The number of hydrogen-bond donors (Lipinski definition) is 3. The molecule has 0 heterocycles. The second kappa shape index (κ2) is 12.4. The van der Waals surface area contributed by atoms with Crippen molar-refractivity contribution in [2.45, 2.75) is 51.4 Å². The van der Waals surface area contributed by atoms with Crippen LogP contribution in [-0.4, -0.2) is 51.2 Å². The van der Waals surface area contributed by atoms with E-state index in [0.717, 1.165) is 0 Å². The lowest BCUT2D eigenvalue weighted by Crippen LogP contribution is -2.17. The SMILES string of the molecule is O=C(O)CCCC(=O)OC(=O)CC/C(=N/O)OC(=O)CCCC(=O)O. The monoisotopic (exact) mass is 361 g/mol. The minimum Gasteiger partial charge on any atom is -0.481 e. The van der Waals surface area contributed by atoms with Gasteiger partial charge in [-0.25, -0.2) is 0 Å². The highest BCUT2D eigenvalue weighted by molar-refractivity contribution is 5.92. The van der Waals surface area contributed by atoms with E-state index in [1.54, 1.807) is 0 Å². The third kappa shape index (κ3) is 13.2. The number of carbonyl (C=O) groups is 5. The summed E-state index contributed by atoms with van der Waals surface area (Å²) in [7, 11) is 0. The maximum absolute atomic E-state index is 11.4.